The lowest BCUT2D eigenvalue weighted by atomic mass is 9.94. The smallest absolute Gasteiger partial charge is 0.341 e. The summed E-state index contributed by atoms with van der Waals surface area (Å²) >= 11 is 0. The van der Waals surface area contributed by atoms with Crippen molar-refractivity contribution in [2.24, 2.45) is 5.92 Å². The molecule has 1 aromatic carbocycles. The van der Waals surface area contributed by atoms with Crippen LogP contribution in [0.5, 0.6) is 5.75 Å². The molecular weight excluding hydrogens is 318 g/mol. The minimum absolute atomic E-state index is 0.247. The Bertz CT molecular complexity index is 711. The van der Waals surface area contributed by atoms with Crippen molar-refractivity contribution in [1.82, 2.24) is 14.7 Å². The van der Waals surface area contributed by atoms with E-state index >= 15 is 0 Å². The fourth-order valence-electron chi connectivity index (χ4n) is 3.44. The molecule has 2 aromatic rings. The van der Waals surface area contributed by atoms with Gasteiger partial charge in [0.2, 0.25) is 0 Å². The summed E-state index contributed by atoms with van der Waals surface area (Å²) in [6, 6.07) is 8.38. The maximum atomic E-state index is 12.2. The molecule has 1 fully saturated rings. The number of aryl methyl sites for hydroxylation is 1. The number of nitrogens with zero attached hydrogens (tertiary/aromatic N) is 3. The number of carbonyl (C=O) groups excluding carboxylic acids is 1. The number of aromatic nitrogens is 2. The number of esters is 1. The third-order valence-corrected chi connectivity index (χ3v) is 4.85. The molecule has 0 saturated carbocycles. The highest BCUT2D eigenvalue weighted by atomic mass is 16.5. The number of hydrogen-bond donors (Lipinski definition) is 0. The summed E-state index contributed by atoms with van der Waals surface area (Å²) in [5.74, 6) is 0.826. The maximum absolute atomic E-state index is 12.2. The van der Waals surface area contributed by atoms with E-state index in [1.807, 2.05) is 19.1 Å². The van der Waals surface area contributed by atoms with E-state index in [4.69, 9.17) is 9.47 Å². The zero-order valence-corrected chi connectivity index (χ0v) is 15.0. The zero-order chi connectivity index (χ0) is 17.8. The normalized spacial score (nSPS) is 20.6. The number of methoxy groups -OCH3 is 1. The Labute approximate surface area is 148 Å². The van der Waals surface area contributed by atoms with Crippen molar-refractivity contribution in [1.29, 1.82) is 0 Å². The van der Waals surface area contributed by atoms with Crippen LogP contribution in [0.1, 0.15) is 35.3 Å². The number of rotatable bonds is 6. The van der Waals surface area contributed by atoms with Gasteiger partial charge in [-0.2, -0.15) is 5.10 Å². The Morgan fingerprint density at radius 3 is 2.72 bits per heavy atom. The van der Waals surface area contributed by atoms with E-state index in [0.717, 1.165) is 25.3 Å². The van der Waals surface area contributed by atoms with Crippen LogP contribution in [0.2, 0.25) is 0 Å². The summed E-state index contributed by atoms with van der Waals surface area (Å²) in [5.41, 5.74) is 1.73. The average molecular weight is 343 g/mol. The second kappa shape index (κ2) is 7.70. The Morgan fingerprint density at radius 2 is 2.08 bits per heavy atom. The second-order valence-corrected chi connectivity index (χ2v) is 6.43. The van der Waals surface area contributed by atoms with E-state index in [1.54, 1.807) is 24.2 Å². The van der Waals surface area contributed by atoms with Crippen molar-refractivity contribution >= 4 is 5.97 Å². The van der Waals surface area contributed by atoms with E-state index in [2.05, 4.69) is 29.2 Å². The van der Waals surface area contributed by atoms with Crippen LogP contribution in [0.4, 0.5) is 0 Å². The lowest BCUT2D eigenvalue weighted by molar-refractivity contribution is 0.0412. The van der Waals surface area contributed by atoms with Crippen molar-refractivity contribution < 1.29 is 14.3 Å². The fraction of sp³-hybridized carbons (Fsp3) is 0.474. The highest BCUT2D eigenvalue weighted by Gasteiger charge is 2.34. The van der Waals surface area contributed by atoms with Gasteiger partial charge in [0.25, 0.3) is 0 Å². The zero-order valence-electron chi connectivity index (χ0n) is 15.0. The summed E-state index contributed by atoms with van der Waals surface area (Å²) < 4.78 is 12.5. The van der Waals surface area contributed by atoms with Crippen LogP contribution < -0.4 is 4.74 Å². The first kappa shape index (κ1) is 17.5. The molecule has 1 aliphatic rings. The molecule has 6 heteroatoms. The van der Waals surface area contributed by atoms with Crippen molar-refractivity contribution in [3.05, 3.63) is 47.8 Å². The van der Waals surface area contributed by atoms with Crippen LogP contribution in [-0.4, -0.2) is 48.0 Å². The fourth-order valence-corrected chi connectivity index (χ4v) is 3.44. The Kier molecular flexibility index (Phi) is 5.38. The average Bonchev–Trinajstić information content (AvgIpc) is 3.26. The number of likely N-dealkylation sites (tertiary alicyclic amines) is 1. The molecular formula is C19H25N3O3. The first-order chi connectivity index (χ1) is 12.1. The summed E-state index contributed by atoms with van der Waals surface area (Å²) in [5, 5.41) is 4.12. The van der Waals surface area contributed by atoms with Crippen LogP contribution >= 0.6 is 0 Å². The quantitative estimate of drug-likeness (QED) is 0.755. The topological polar surface area (TPSA) is 56.6 Å². The van der Waals surface area contributed by atoms with Crippen molar-refractivity contribution in [2.75, 3.05) is 27.3 Å². The van der Waals surface area contributed by atoms with Crippen LogP contribution in [0.25, 0.3) is 0 Å². The maximum Gasteiger partial charge on any atom is 0.341 e. The molecule has 1 aromatic heterocycles. The van der Waals surface area contributed by atoms with E-state index in [0.29, 0.717) is 12.2 Å². The van der Waals surface area contributed by atoms with Crippen LogP contribution in [0, 0.1) is 5.92 Å². The van der Waals surface area contributed by atoms with Gasteiger partial charge in [-0.25, -0.2) is 4.79 Å². The predicted octanol–water partition coefficient (Wildman–Crippen LogP) is 2.76. The molecule has 1 saturated heterocycles. The summed E-state index contributed by atoms with van der Waals surface area (Å²) in [6.07, 6.45) is 4.30. The van der Waals surface area contributed by atoms with Gasteiger partial charge in [0.1, 0.15) is 5.75 Å². The minimum atomic E-state index is -0.303. The van der Waals surface area contributed by atoms with Crippen LogP contribution in [0.3, 0.4) is 0 Å². The van der Waals surface area contributed by atoms with Gasteiger partial charge in [0.15, 0.2) is 0 Å². The first-order valence-electron chi connectivity index (χ1n) is 8.66. The Morgan fingerprint density at radius 1 is 1.32 bits per heavy atom. The molecule has 1 aliphatic heterocycles. The standard InChI is InChI=1S/C19H25N3O3/c1-4-22-12-16(11-20-22)19(23)25-13-15-9-10-21(2)18(15)14-5-7-17(24-3)8-6-14/h5-8,11-12,15,18H,4,9-10,13H2,1-3H3. The van der Waals surface area contributed by atoms with Gasteiger partial charge in [-0.3, -0.25) is 9.58 Å². The van der Waals surface area contributed by atoms with E-state index in [1.165, 1.54) is 5.56 Å². The van der Waals surface area contributed by atoms with E-state index in [-0.39, 0.29) is 17.9 Å². The molecule has 2 atom stereocenters. The highest BCUT2D eigenvalue weighted by molar-refractivity contribution is 5.88. The van der Waals surface area contributed by atoms with Gasteiger partial charge in [-0.15, -0.1) is 0 Å². The highest BCUT2D eigenvalue weighted by Crippen LogP contribution is 2.36. The molecule has 0 amide bonds. The van der Waals surface area contributed by atoms with Gasteiger partial charge in [0, 0.05) is 24.7 Å². The van der Waals surface area contributed by atoms with Gasteiger partial charge in [-0.1, -0.05) is 12.1 Å². The van der Waals surface area contributed by atoms with Gasteiger partial charge in [0.05, 0.1) is 25.5 Å². The summed E-state index contributed by atoms with van der Waals surface area (Å²) in [4.78, 5) is 14.5. The van der Waals surface area contributed by atoms with E-state index < -0.39 is 0 Å². The molecule has 0 aliphatic carbocycles. The van der Waals surface area contributed by atoms with Crippen molar-refractivity contribution in [3.63, 3.8) is 0 Å². The molecule has 2 unspecified atom stereocenters. The number of ether oxygens (including phenoxy) is 2. The SMILES string of the molecule is CCn1cc(C(=O)OCC2CCN(C)C2c2ccc(OC)cc2)cn1. The first-order valence-corrected chi connectivity index (χ1v) is 8.66. The molecule has 25 heavy (non-hydrogen) atoms. The van der Waals surface area contributed by atoms with Crippen LogP contribution in [0.15, 0.2) is 36.7 Å². The van der Waals surface area contributed by atoms with Crippen LogP contribution in [-0.2, 0) is 11.3 Å². The predicted molar refractivity (Wildman–Crippen MR) is 94.7 cm³/mol. The molecule has 0 radical (unpaired) electrons. The Balaban J connectivity index is 1.65. The van der Waals surface area contributed by atoms with Crippen molar-refractivity contribution in [3.8, 4) is 5.75 Å². The lowest BCUT2D eigenvalue weighted by Crippen LogP contribution is -2.24. The third-order valence-electron chi connectivity index (χ3n) is 4.85. The summed E-state index contributed by atoms with van der Waals surface area (Å²) in [7, 11) is 3.78. The minimum Gasteiger partial charge on any atom is -0.497 e. The molecule has 0 spiro atoms. The largest absolute Gasteiger partial charge is 0.497 e. The second-order valence-electron chi connectivity index (χ2n) is 6.43. The molecule has 134 valence electrons. The summed E-state index contributed by atoms with van der Waals surface area (Å²) in [6.45, 7) is 4.13. The monoisotopic (exact) mass is 343 g/mol. The van der Waals surface area contributed by atoms with Gasteiger partial charge < -0.3 is 9.47 Å². The molecule has 2 heterocycles. The number of hydrogen-bond acceptors (Lipinski definition) is 5. The van der Waals surface area contributed by atoms with Gasteiger partial charge in [-0.05, 0) is 44.6 Å². The molecule has 6 nitrogen and oxygen atoms in total. The van der Waals surface area contributed by atoms with E-state index in [9.17, 15) is 4.79 Å². The van der Waals surface area contributed by atoms with Crippen molar-refractivity contribution in [2.45, 2.75) is 25.9 Å². The number of benzene rings is 1. The molecule has 0 bridgehead atoms. The molecule has 0 N–H and O–H groups in total. The Hall–Kier alpha value is -2.34. The number of carbonyl (C=O) groups is 1. The molecule has 3 rings (SSSR count). The van der Waals surface area contributed by atoms with Gasteiger partial charge >= 0.3 is 5.97 Å². The lowest BCUT2D eigenvalue weighted by Gasteiger charge is -2.25. The third kappa shape index (κ3) is 3.85.